The summed E-state index contributed by atoms with van der Waals surface area (Å²) in [6.45, 7) is 4.48. The molecule has 9 nitrogen and oxygen atoms in total. The highest BCUT2D eigenvalue weighted by atomic mass is 32.2. The Labute approximate surface area is 144 Å². The van der Waals surface area contributed by atoms with Gasteiger partial charge in [0.2, 0.25) is 10.0 Å². The van der Waals surface area contributed by atoms with Crippen molar-refractivity contribution in [2.45, 2.75) is 50.6 Å². The maximum absolute atomic E-state index is 12.8. The monoisotopic (exact) mass is 362 g/mol. The van der Waals surface area contributed by atoms with Gasteiger partial charge in [-0.1, -0.05) is 12.1 Å². The van der Waals surface area contributed by atoms with Crippen molar-refractivity contribution in [2.24, 2.45) is 0 Å². The van der Waals surface area contributed by atoms with Gasteiger partial charge in [-0.05, 0) is 32.3 Å². The number of fused-ring (bicyclic) bond motifs is 2. The average molecular weight is 362 g/mol. The van der Waals surface area contributed by atoms with Crippen LogP contribution in [0.4, 0.5) is 0 Å². The molecule has 0 spiro atoms. The molecular formula is C15H18N6O3S. The SMILES string of the molecule is CCc1noc2ncc(S(=O)(=O)N[C@H]3CCCn4nc(C)nc43)cc12. The van der Waals surface area contributed by atoms with Crippen molar-refractivity contribution in [3.63, 3.8) is 0 Å². The Hall–Kier alpha value is -2.33. The topological polar surface area (TPSA) is 116 Å². The molecule has 0 saturated heterocycles. The van der Waals surface area contributed by atoms with Gasteiger partial charge in [0.25, 0.3) is 5.71 Å². The molecule has 0 saturated carbocycles. The van der Waals surface area contributed by atoms with Crippen LogP contribution >= 0.6 is 0 Å². The molecule has 132 valence electrons. The van der Waals surface area contributed by atoms with Gasteiger partial charge in [0, 0.05) is 6.54 Å². The van der Waals surface area contributed by atoms with Crippen LogP contribution in [-0.4, -0.2) is 33.3 Å². The number of nitrogens with zero attached hydrogens (tertiary/aromatic N) is 5. The zero-order valence-electron chi connectivity index (χ0n) is 13.9. The maximum Gasteiger partial charge on any atom is 0.258 e. The lowest BCUT2D eigenvalue weighted by Crippen LogP contribution is -2.33. The Bertz CT molecular complexity index is 1040. The number of nitrogens with one attached hydrogen (secondary N) is 1. The van der Waals surface area contributed by atoms with Gasteiger partial charge >= 0.3 is 0 Å². The molecule has 25 heavy (non-hydrogen) atoms. The van der Waals surface area contributed by atoms with Gasteiger partial charge in [0.15, 0.2) is 0 Å². The van der Waals surface area contributed by atoms with Crippen LogP contribution in [0.5, 0.6) is 0 Å². The fourth-order valence-corrected chi connectivity index (χ4v) is 4.30. The first-order valence-electron chi connectivity index (χ1n) is 8.16. The molecule has 4 heterocycles. The second kappa shape index (κ2) is 5.88. The Morgan fingerprint density at radius 1 is 1.44 bits per heavy atom. The Kier molecular flexibility index (Phi) is 3.80. The third-order valence-corrected chi connectivity index (χ3v) is 5.74. The van der Waals surface area contributed by atoms with Gasteiger partial charge in [0.05, 0.1) is 23.3 Å². The molecule has 0 fully saturated rings. The van der Waals surface area contributed by atoms with Crippen molar-refractivity contribution in [1.29, 1.82) is 0 Å². The highest BCUT2D eigenvalue weighted by molar-refractivity contribution is 7.89. The van der Waals surface area contributed by atoms with E-state index in [0.717, 1.165) is 13.0 Å². The molecule has 4 rings (SSSR count). The van der Waals surface area contributed by atoms with E-state index in [1.54, 1.807) is 17.7 Å². The zero-order valence-corrected chi connectivity index (χ0v) is 14.7. The van der Waals surface area contributed by atoms with Crippen LogP contribution in [0.2, 0.25) is 0 Å². The summed E-state index contributed by atoms with van der Waals surface area (Å²) in [5.41, 5.74) is 1.02. The van der Waals surface area contributed by atoms with E-state index in [1.807, 2.05) is 6.92 Å². The normalized spacial score (nSPS) is 17.8. The van der Waals surface area contributed by atoms with Crippen LogP contribution in [0.25, 0.3) is 11.1 Å². The Morgan fingerprint density at radius 3 is 3.08 bits per heavy atom. The standard InChI is InChI=1S/C15H18N6O3S/c1-3-12-11-7-10(8-16-15(11)24-19-12)25(22,23)20-13-5-4-6-21-14(13)17-9(2)18-21/h7-8,13,20H,3-6H2,1-2H3/t13-/m0/s1. The van der Waals surface area contributed by atoms with Gasteiger partial charge in [-0.15, -0.1) is 0 Å². The van der Waals surface area contributed by atoms with E-state index in [1.165, 1.54) is 6.20 Å². The quantitative estimate of drug-likeness (QED) is 0.747. The molecule has 0 unspecified atom stereocenters. The number of pyridine rings is 1. The van der Waals surface area contributed by atoms with E-state index in [-0.39, 0.29) is 4.90 Å². The van der Waals surface area contributed by atoms with E-state index in [0.29, 0.717) is 41.3 Å². The fourth-order valence-electron chi connectivity index (χ4n) is 3.10. The van der Waals surface area contributed by atoms with E-state index in [2.05, 4.69) is 24.9 Å². The molecule has 1 atom stereocenters. The summed E-state index contributed by atoms with van der Waals surface area (Å²) in [5.74, 6) is 1.29. The molecule has 0 radical (unpaired) electrons. The third kappa shape index (κ3) is 2.81. The second-order valence-corrected chi connectivity index (χ2v) is 7.78. The van der Waals surface area contributed by atoms with Crippen molar-refractivity contribution in [3.8, 4) is 0 Å². The second-order valence-electron chi connectivity index (χ2n) is 6.06. The highest BCUT2D eigenvalue weighted by Gasteiger charge is 2.29. The van der Waals surface area contributed by atoms with Crippen molar-refractivity contribution in [2.75, 3.05) is 0 Å². The largest absolute Gasteiger partial charge is 0.336 e. The minimum Gasteiger partial charge on any atom is -0.336 e. The van der Waals surface area contributed by atoms with E-state index < -0.39 is 16.1 Å². The molecule has 1 aliphatic heterocycles. The molecule has 0 aromatic carbocycles. The lowest BCUT2D eigenvalue weighted by Gasteiger charge is -2.22. The molecular weight excluding hydrogens is 344 g/mol. The van der Waals surface area contributed by atoms with Crippen LogP contribution in [0.15, 0.2) is 21.7 Å². The number of aromatic nitrogens is 5. The summed E-state index contributed by atoms with van der Waals surface area (Å²) in [7, 11) is -3.75. The van der Waals surface area contributed by atoms with E-state index in [9.17, 15) is 8.42 Å². The average Bonchev–Trinajstić information content (AvgIpc) is 3.16. The lowest BCUT2D eigenvalue weighted by atomic mass is 10.1. The van der Waals surface area contributed by atoms with Gasteiger partial charge in [-0.3, -0.25) is 0 Å². The van der Waals surface area contributed by atoms with Crippen LogP contribution in [-0.2, 0) is 23.0 Å². The Balaban J connectivity index is 1.68. The smallest absolute Gasteiger partial charge is 0.258 e. The van der Waals surface area contributed by atoms with Crippen LogP contribution < -0.4 is 4.72 Å². The predicted molar refractivity (Wildman–Crippen MR) is 88.2 cm³/mol. The third-order valence-electron chi connectivity index (χ3n) is 4.30. The number of hydrogen-bond donors (Lipinski definition) is 1. The minimum atomic E-state index is -3.75. The van der Waals surface area contributed by atoms with Crippen molar-refractivity contribution >= 4 is 21.1 Å². The van der Waals surface area contributed by atoms with E-state index >= 15 is 0 Å². The van der Waals surface area contributed by atoms with Gasteiger partial charge in [-0.25, -0.2) is 27.8 Å². The highest BCUT2D eigenvalue weighted by Crippen LogP contribution is 2.26. The molecule has 0 amide bonds. The number of rotatable bonds is 4. The number of aryl methyl sites for hydroxylation is 3. The first kappa shape index (κ1) is 16.2. The Morgan fingerprint density at radius 2 is 2.28 bits per heavy atom. The summed E-state index contributed by atoms with van der Waals surface area (Å²) < 4.78 is 35.3. The fraction of sp³-hybridized carbons (Fsp3) is 0.467. The van der Waals surface area contributed by atoms with Crippen LogP contribution in [0.3, 0.4) is 0 Å². The maximum atomic E-state index is 12.8. The molecule has 1 N–H and O–H groups in total. The van der Waals surface area contributed by atoms with Crippen molar-refractivity contribution in [1.82, 2.24) is 29.6 Å². The zero-order chi connectivity index (χ0) is 17.6. The van der Waals surface area contributed by atoms with E-state index in [4.69, 9.17) is 4.52 Å². The summed E-state index contributed by atoms with van der Waals surface area (Å²) in [6.07, 6.45) is 3.44. The van der Waals surface area contributed by atoms with Gasteiger partial charge < -0.3 is 4.52 Å². The van der Waals surface area contributed by atoms with Crippen molar-refractivity contribution in [3.05, 3.63) is 29.6 Å². The van der Waals surface area contributed by atoms with Crippen molar-refractivity contribution < 1.29 is 12.9 Å². The summed E-state index contributed by atoms with van der Waals surface area (Å²) >= 11 is 0. The summed E-state index contributed by atoms with van der Waals surface area (Å²) in [6, 6.07) is 1.16. The predicted octanol–water partition coefficient (Wildman–Crippen LogP) is 1.50. The number of hydrogen-bond acceptors (Lipinski definition) is 7. The van der Waals surface area contributed by atoms with Crippen LogP contribution in [0.1, 0.15) is 43.1 Å². The summed E-state index contributed by atoms with van der Waals surface area (Å²) in [4.78, 5) is 8.53. The molecule has 0 bridgehead atoms. The molecule has 1 aliphatic rings. The minimum absolute atomic E-state index is 0.0891. The van der Waals surface area contributed by atoms with Crippen LogP contribution in [0, 0.1) is 6.92 Å². The lowest BCUT2D eigenvalue weighted by molar-refractivity contribution is 0.399. The molecule has 3 aromatic heterocycles. The number of sulfonamides is 1. The first-order valence-corrected chi connectivity index (χ1v) is 9.64. The molecule has 10 heteroatoms. The molecule has 3 aromatic rings. The first-order chi connectivity index (χ1) is 12.0. The van der Waals surface area contributed by atoms with Gasteiger partial charge in [-0.2, -0.15) is 5.10 Å². The summed E-state index contributed by atoms with van der Waals surface area (Å²) in [5, 5.41) is 8.83. The molecule has 0 aliphatic carbocycles. The van der Waals surface area contributed by atoms with Gasteiger partial charge in [0.1, 0.15) is 16.5 Å².